The van der Waals surface area contributed by atoms with Gasteiger partial charge >= 0.3 is 5.97 Å². The standard InChI is InChI=1S/C21H21NO4S/c1-25-16-9-5-14(6-10-16)19(15-7-11-17(26-2)12-8-15)22-20(21(23)24)18-4-3-13-27-18/h3-13,19-20,22H,1-2H3,(H,23,24)/t20-/m0/s1. The van der Waals surface area contributed by atoms with E-state index in [0.717, 1.165) is 27.5 Å². The van der Waals surface area contributed by atoms with Crippen LogP contribution in [0.4, 0.5) is 0 Å². The molecule has 0 aliphatic heterocycles. The van der Waals surface area contributed by atoms with Gasteiger partial charge in [0.1, 0.15) is 17.5 Å². The number of carboxylic acids is 1. The van der Waals surface area contributed by atoms with Gasteiger partial charge in [-0.05, 0) is 46.8 Å². The molecule has 0 fully saturated rings. The molecule has 1 atom stereocenters. The number of ether oxygens (including phenoxy) is 2. The van der Waals surface area contributed by atoms with Gasteiger partial charge in [0, 0.05) is 4.88 Å². The maximum atomic E-state index is 11.9. The summed E-state index contributed by atoms with van der Waals surface area (Å²) in [6.45, 7) is 0. The Balaban J connectivity index is 1.98. The second kappa shape index (κ2) is 8.70. The van der Waals surface area contributed by atoms with Gasteiger partial charge in [-0.15, -0.1) is 11.3 Å². The zero-order chi connectivity index (χ0) is 19.2. The van der Waals surface area contributed by atoms with Crippen molar-refractivity contribution in [2.45, 2.75) is 12.1 Å². The zero-order valence-corrected chi connectivity index (χ0v) is 15.9. The predicted octanol–water partition coefficient (Wildman–Crippen LogP) is 4.27. The molecule has 0 aliphatic rings. The molecule has 0 bridgehead atoms. The number of thiophene rings is 1. The summed E-state index contributed by atoms with van der Waals surface area (Å²) in [5.74, 6) is 0.588. The molecule has 27 heavy (non-hydrogen) atoms. The highest BCUT2D eigenvalue weighted by Crippen LogP contribution is 2.30. The molecule has 0 saturated carbocycles. The zero-order valence-electron chi connectivity index (χ0n) is 15.1. The van der Waals surface area contributed by atoms with Crippen molar-refractivity contribution in [1.29, 1.82) is 0 Å². The van der Waals surface area contributed by atoms with Crippen LogP contribution in [-0.4, -0.2) is 25.3 Å². The van der Waals surface area contributed by atoms with Crippen molar-refractivity contribution in [2.75, 3.05) is 14.2 Å². The van der Waals surface area contributed by atoms with Crippen LogP contribution in [0, 0.1) is 0 Å². The molecule has 0 unspecified atom stereocenters. The van der Waals surface area contributed by atoms with Gasteiger partial charge < -0.3 is 14.6 Å². The number of hydrogen-bond donors (Lipinski definition) is 2. The van der Waals surface area contributed by atoms with Gasteiger partial charge in [0.05, 0.1) is 20.3 Å². The Bertz CT molecular complexity index is 813. The number of carbonyl (C=O) groups is 1. The summed E-state index contributed by atoms with van der Waals surface area (Å²) in [6, 6.07) is 17.8. The van der Waals surface area contributed by atoms with Gasteiger partial charge in [0.25, 0.3) is 0 Å². The molecule has 0 amide bonds. The summed E-state index contributed by atoms with van der Waals surface area (Å²) < 4.78 is 10.5. The largest absolute Gasteiger partial charge is 0.497 e. The third-order valence-electron chi connectivity index (χ3n) is 4.31. The topological polar surface area (TPSA) is 67.8 Å². The van der Waals surface area contributed by atoms with Crippen LogP contribution < -0.4 is 14.8 Å². The van der Waals surface area contributed by atoms with Crippen molar-refractivity contribution in [3.63, 3.8) is 0 Å². The minimum absolute atomic E-state index is 0.301. The fourth-order valence-electron chi connectivity index (χ4n) is 2.87. The normalized spacial score (nSPS) is 12.0. The molecule has 0 aliphatic carbocycles. The quantitative estimate of drug-likeness (QED) is 0.608. The molecule has 3 rings (SSSR count). The molecular weight excluding hydrogens is 362 g/mol. The first-order valence-corrected chi connectivity index (χ1v) is 9.30. The number of benzene rings is 2. The third kappa shape index (κ3) is 4.48. The first-order valence-electron chi connectivity index (χ1n) is 8.42. The van der Waals surface area contributed by atoms with Crippen molar-refractivity contribution < 1.29 is 19.4 Å². The molecule has 3 aromatic rings. The number of rotatable bonds is 8. The van der Waals surface area contributed by atoms with E-state index in [2.05, 4.69) is 5.32 Å². The highest BCUT2D eigenvalue weighted by Gasteiger charge is 2.26. The fraction of sp³-hybridized carbons (Fsp3) is 0.190. The molecular formula is C21H21NO4S. The van der Waals surface area contributed by atoms with Crippen molar-refractivity contribution >= 4 is 17.3 Å². The molecule has 140 valence electrons. The average Bonchev–Trinajstić information content (AvgIpc) is 3.23. The van der Waals surface area contributed by atoms with Gasteiger partial charge in [-0.3, -0.25) is 10.1 Å². The minimum Gasteiger partial charge on any atom is -0.497 e. The van der Waals surface area contributed by atoms with Crippen LogP contribution in [0.2, 0.25) is 0 Å². The Hall–Kier alpha value is -2.83. The van der Waals surface area contributed by atoms with Gasteiger partial charge in [-0.25, -0.2) is 0 Å². The van der Waals surface area contributed by atoms with Crippen LogP contribution in [0.1, 0.15) is 28.1 Å². The van der Waals surface area contributed by atoms with Crippen LogP contribution in [0.15, 0.2) is 66.0 Å². The van der Waals surface area contributed by atoms with Crippen molar-refractivity contribution in [3.8, 4) is 11.5 Å². The molecule has 5 nitrogen and oxygen atoms in total. The molecule has 2 aromatic carbocycles. The number of carboxylic acid groups (broad SMARTS) is 1. The Morgan fingerprint density at radius 2 is 1.44 bits per heavy atom. The van der Waals surface area contributed by atoms with E-state index in [4.69, 9.17) is 9.47 Å². The Labute approximate surface area is 162 Å². The summed E-state index contributed by atoms with van der Waals surface area (Å²) >= 11 is 1.42. The second-order valence-electron chi connectivity index (χ2n) is 5.93. The highest BCUT2D eigenvalue weighted by atomic mass is 32.1. The third-order valence-corrected chi connectivity index (χ3v) is 5.24. The number of aliphatic carboxylic acids is 1. The van der Waals surface area contributed by atoms with E-state index in [-0.39, 0.29) is 6.04 Å². The monoisotopic (exact) mass is 383 g/mol. The molecule has 0 radical (unpaired) electrons. The van der Waals surface area contributed by atoms with E-state index in [0.29, 0.717) is 0 Å². The highest BCUT2D eigenvalue weighted by molar-refractivity contribution is 7.10. The average molecular weight is 383 g/mol. The van der Waals surface area contributed by atoms with E-state index in [1.54, 1.807) is 14.2 Å². The van der Waals surface area contributed by atoms with Gasteiger partial charge in [-0.2, -0.15) is 0 Å². The van der Waals surface area contributed by atoms with Crippen LogP contribution >= 0.6 is 11.3 Å². The van der Waals surface area contributed by atoms with E-state index < -0.39 is 12.0 Å². The first kappa shape index (κ1) is 18.9. The molecule has 0 spiro atoms. The predicted molar refractivity (Wildman–Crippen MR) is 106 cm³/mol. The number of hydrogen-bond acceptors (Lipinski definition) is 5. The lowest BCUT2D eigenvalue weighted by atomic mass is 9.97. The summed E-state index contributed by atoms with van der Waals surface area (Å²) in [5, 5.41) is 14.9. The maximum Gasteiger partial charge on any atom is 0.326 e. The lowest BCUT2D eigenvalue weighted by molar-refractivity contribution is -0.139. The van der Waals surface area contributed by atoms with E-state index >= 15 is 0 Å². The Kier molecular flexibility index (Phi) is 6.11. The summed E-state index contributed by atoms with van der Waals surface area (Å²) in [6.07, 6.45) is 0. The maximum absolute atomic E-state index is 11.9. The van der Waals surface area contributed by atoms with Crippen molar-refractivity contribution in [1.82, 2.24) is 5.32 Å². The Morgan fingerprint density at radius 3 is 1.81 bits per heavy atom. The number of methoxy groups -OCH3 is 2. The van der Waals surface area contributed by atoms with Crippen LogP contribution in [-0.2, 0) is 4.79 Å². The van der Waals surface area contributed by atoms with Crippen LogP contribution in [0.25, 0.3) is 0 Å². The van der Waals surface area contributed by atoms with Crippen LogP contribution in [0.5, 0.6) is 11.5 Å². The van der Waals surface area contributed by atoms with Crippen molar-refractivity contribution in [2.24, 2.45) is 0 Å². The van der Waals surface area contributed by atoms with Gasteiger partial charge in [-0.1, -0.05) is 30.3 Å². The van der Waals surface area contributed by atoms with Crippen LogP contribution in [0.3, 0.4) is 0 Å². The fourth-order valence-corrected chi connectivity index (χ4v) is 3.65. The summed E-state index contributed by atoms with van der Waals surface area (Å²) in [5.41, 5.74) is 1.90. The lowest BCUT2D eigenvalue weighted by Gasteiger charge is -2.24. The smallest absolute Gasteiger partial charge is 0.326 e. The summed E-state index contributed by atoms with van der Waals surface area (Å²) in [7, 11) is 3.23. The van der Waals surface area contributed by atoms with E-state index in [1.807, 2.05) is 66.0 Å². The molecule has 6 heteroatoms. The van der Waals surface area contributed by atoms with Crippen molar-refractivity contribution in [3.05, 3.63) is 82.0 Å². The van der Waals surface area contributed by atoms with E-state index in [1.165, 1.54) is 11.3 Å². The molecule has 0 saturated heterocycles. The Morgan fingerprint density at radius 1 is 0.926 bits per heavy atom. The SMILES string of the molecule is COc1ccc(C(N[C@H](C(=O)O)c2cccs2)c2ccc(OC)cc2)cc1. The lowest BCUT2D eigenvalue weighted by Crippen LogP contribution is -2.32. The molecule has 1 heterocycles. The van der Waals surface area contributed by atoms with E-state index in [9.17, 15) is 9.90 Å². The second-order valence-corrected chi connectivity index (χ2v) is 6.91. The minimum atomic E-state index is -0.913. The molecule has 2 N–H and O–H groups in total. The summed E-state index contributed by atoms with van der Waals surface area (Å²) in [4.78, 5) is 12.7. The first-order chi connectivity index (χ1) is 13.1. The molecule has 1 aromatic heterocycles. The van der Waals surface area contributed by atoms with Gasteiger partial charge in [0.2, 0.25) is 0 Å². The number of nitrogens with one attached hydrogen (secondary N) is 1. The van der Waals surface area contributed by atoms with Gasteiger partial charge in [0.15, 0.2) is 0 Å².